The van der Waals surface area contributed by atoms with Crippen LogP contribution < -0.4 is 5.32 Å². The molecule has 1 rings (SSSR count). The minimum atomic E-state index is 0.248. The first-order valence-electron chi connectivity index (χ1n) is 7.88. The van der Waals surface area contributed by atoms with E-state index in [-0.39, 0.29) is 5.91 Å². The molecule has 1 aliphatic rings. The predicted octanol–water partition coefficient (Wildman–Crippen LogP) is 0.470. The largest absolute Gasteiger partial charge is 0.339 e. The molecular weight excluding hydrogens is 252 g/mol. The maximum absolute atomic E-state index is 12.0. The zero-order valence-electron chi connectivity index (χ0n) is 13.7. The molecule has 0 radical (unpaired) electrons. The minimum absolute atomic E-state index is 0.248. The van der Waals surface area contributed by atoms with Gasteiger partial charge in [-0.05, 0) is 53.9 Å². The molecule has 0 atom stereocenters. The fourth-order valence-corrected chi connectivity index (χ4v) is 2.23. The Labute approximate surface area is 124 Å². The van der Waals surface area contributed by atoms with Crippen LogP contribution in [0.5, 0.6) is 0 Å². The van der Waals surface area contributed by atoms with E-state index in [4.69, 9.17) is 0 Å². The van der Waals surface area contributed by atoms with Crippen molar-refractivity contribution in [2.45, 2.75) is 32.7 Å². The summed E-state index contributed by atoms with van der Waals surface area (Å²) in [6, 6.07) is 0.613. The summed E-state index contributed by atoms with van der Waals surface area (Å²) in [6.07, 6.45) is 2.32. The molecule has 5 nitrogen and oxygen atoms in total. The number of unbranched alkanes of at least 4 members (excludes halogenated alkanes) is 1. The van der Waals surface area contributed by atoms with Crippen molar-refractivity contribution >= 4 is 5.91 Å². The average Bonchev–Trinajstić information content (AvgIpc) is 2.42. The first-order chi connectivity index (χ1) is 9.50. The summed E-state index contributed by atoms with van der Waals surface area (Å²) in [4.78, 5) is 18.6. The summed E-state index contributed by atoms with van der Waals surface area (Å²) in [7, 11) is 4.27. The number of piperazine rings is 1. The van der Waals surface area contributed by atoms with E-state index in [9.17, 15) is 4.79 Å². The molecule has 0 bridgehead atoms. The van der Waals surface area contributed by atoms with Crippen molar-refractivity contribution in [3.63, 3.8) is 0 Å². The van der Waals surface area contributed by atoms with Gasteiger partial charge in [0.25, 0.3) is 0 Å². The fourth-order valence-electron chi connectivity index (χ4n) is 2.23. The SMILES string of the molecule is CC(C)N(C)CCCCNCC(=O)N1CCN(C)CC1. The van der Waals surface area contributed by atoms with Gasteiger partial charge in [-0.15, -0.1) is 0 Å². The monoisotopic (exact) mass is 284 g/mol. The van der Waals surface area contributed by atoms with Crippen LogP contribution in [0, 0.1) is 0 Å². The summed E-state index contributed by atoms with van der Waals surface area (Å²) in [6.45, 7) is 10.7. The number of hydrogen-bond acceptors (Lipinski definition) is 4. The Bertz CT molecular complexity index is 275. The first kappa shape index (κ1) is 17.4. The Morgan fingerprint density at radius 1 is 1.20 bits per heavy atom. The van der Waals surface area contributed by atoms with Crippen LogP contribution >= 0.6 is 0 Å². The minimum Gasteiger partial charge on any atom is -0.339 e. The summed E-state index contributed by atoms with van der Waals surface area (Å²) < 4.78 is 0. The topological polar surface area (TPSA) is 38.8 Å². The highest BCUT2D eigenvalue weighted by Gasteiger charge is 2.18. The molecule has 0 aromatic carbocycles. The van der Waals surface area contributed by atoms with Crippen LogP contribution in [0.1, 0.15) is 26.7 Å². The molecule has 1 aliphatic heterocycles. The van der Waals surface area contributed by atoms with Crippen molar-refractivity contribution in [1.82, 2.24) is 20.0 Å². The van der Waals surface area contributed by atoms with Crippen molar-refractivity contribution in [2.75, 3.05) is 59.9 Å². The number of nitrogens with zero attached hydrogens (tertiary/aromatic N) is 3. The third-order valence-electron chi connectivity index (χ3n) is 4.13. The van der Waals surface area contributed by atoms with Gasteiger partial charge in [-0.2, -0.15) is 0 Å². The van der Waals surface area contributed by atoms with E-state index in [1.807, 2.05) is 4.90 Å². The second-order valence-electron chi connectivity index (χ2n) is 6.14. The van der Waals surface area contributed by atoms with E-state index in [0.717, 1.165) is 45.7 Å². The van der Waals surface area contributed by atoms with Crippen molar-refractivity contribution in [3.8, 4) is 0 Å². The fraction of sp³-hybridized carbons (Fsp3) is 0.933. The Morgan fingerprint density at radius 3 is 2.45 bits per heavy atom. The van der Waals surface area contributed by atoms with Gasteiger partial charge >= 0.3 is 0 Å². The first-order valence-corrected chi connectivity index (χ1v) is 7.88. The molecule has 1 heterocycles. The van der Waals surface area contributed by atoms with Crippen LogP contribution in [0.25, 0.3) is 0 Å². The van der Waals surface area contributed by atoms with E-state index < -0.39 is 0 Å². The normalized spacial score (nSPS) is 17.2. The van der Waals surface area contributed by atoms with E-state index in [2.05, 4.69) is 43.1 Å². The van der Waals surface area contributed by atoms with Crippen LogP contribution in [-0.2, 0) is 4.79 Å². The lowest BCUT2D eigenvalue weighted by Crippen LogP contribution is -2.49. The number of likely N-dealkylation sites (N-methyl/N-ethyl adjacent to an activating group) is 1. The number of rotatable bonds is 8. The van der Waals surface area contributed by atoms with Crippen LogP contribution in [0.3, 0.4) is 0 Å². The highest BCUT2D eigenvalue weighted by Crippen LogP contribution is 1.99. The lowest BCUT2D eigenvalue weighted by molar-refractivity contribution is -0.131. The van der Waals surface area contributed by atoms with Crippen molar-refractivity contribution in [1.29, 1.82) is 0 Å². The summed E-state index contributed by atoms with van der Waals surface area (Å²) in [5.41, 5.74) is 0. The van der Waals surface area contributed by atoms with Crippen LogP contribution in [-0.4, -0.2) is 86.6 Å². The second kappa shape index (κ2) is 9.32. The molecule has 5 heteroatoms. The van der Waals surface area contributed by atoms with Gasteiger partial charge in [0.2, 0.25) is 5.91 Å². The number of carbonyl (C=O) groups excluding carboxylic acids is 1. The molecule has 0 aliphatic carbocycles. The Balaban J connectivity index is 1.99. The standard InChI is InChI=1S/C15H32N4O/c1-14(2)18(4)8-6-5-7-16-13-15(20)19-11-9-17(3)10-12-19/h14,16H,5-13H2,1-4H3. The Morgan fingerprint density at radius 2 is 1.85 bits per heavy atom. The molecule has 0 aromatic heterocycles. The van der Waals surface area contributed by atoms with Crippen LogP contribution in [0.2, 0.25) is 0 Å². The molecule has 0 unspecified atom stereocenters. The van der Waals surface area contributed by atoms with Crippen LogP contribution in [0.15, 0.2) is 0 Å². The quantitative estimate of drug-likeness (QED) is 0.658. The molecule has 1 amide bonds. The molecule has 1 fully saturated rings. The second-order valence-corrected chi connectivity index (χ2v) is 6.14. The Kier molecular flexibility index (Phi) is 8.11. The van der Waals surface area contributed by atoms with E-state index in [1.54, 1.807) is 0 Å². The average molecular weight is 284 g/mol. The molecule has 118 valence electrons. The van der Waals surface area contributed by atoms with Gasteiger partial charge in [0.15, 0.2) is 0 Å². The number of nitrogens with one attached hydrogen (secondary N) is 1. The number of amides is 1. The van der Waals surface area contributed by atoms with Gasteiger partial charge in [0, 0.05) is 32.2 Å². The highest BCUT2D eigenvalue weighted by atomic mass is 16.2. The van der Waals surface area contributed by atoms with Gasteiger partial charge in [-0.3, -0.25) is 4.79 Å². The van der Waals surface area contributed by atoms with Gasteiger partial charge in [0.1, 0.15) is 0 Å². The third-order valence-corrected chi connectivity index (χ3v) is 4.13. The summed E-state index contributed by atoms with van der Waals surface area (Å²) in [5, 5.41) is 3.27. The van der Waals surface area contributed by atoms with Crippen LogP contribution in [0.4, 0.5) is 0 Å². The lowest BCUT2D eigenvalue weighted by Gasteiger charge is -2.32. The maximum Gasteiger partial charge on any atom is 0.236 e. The molecule has 0 aromatic rings. The zero-order valence-corrected chi connectivity index (χ0v) is 13.7. The molecule has 20 heavy (non-hydrogen) atoms. The zero-order chi connectivity index (χ0) is 15.0. The molecule has 1 saturated heterocycles. The molecule has 0 spiro atoms. The number of hydrogen-bond donors (Lipinski definition) is 1. The van der Waals surface area contributed by atoms with Crippen molar-refractivity contribution in [3.05, 3.63) is 0 Å². The van der Waals surface area contributed by atoms with E-state index in [0.29, 0.717) is 12.6 Å². The van der Waals surface area contributed by atoms with Gasteiger partial charge < -0.3 is 20.0 Å². The van der Waals surface area contributed by atoms with Crippen molar-refractivity contribution in [2.24, 2.45) is 0 Å². The van der Waals surface area contributed by atoms with Gasteiger partial charge in [-0.1, -0.05) is 0 Å². The summed E-state index contributed by atoms with van der Waals surface area (Å²) >= 11 is 0. The Hall–Kier alpha value is -0.650. The van der Waals surface area contributed by atoms with Gasteiger partial charge in [0.05, 0.1) is 6.54 Å². The highest BCUT2D eigenvalue weighted by molar-refractivity contribution is 5.78. The number of carbonyl (C=O) groups is 1. The predicted molar refractivity (Wildman–Crippen MR) is 83.9 cm³/mol. The van der Waals surface area contributed by atoms with E-state index >= 15 is 0 Å². The van der Waals surface area contributed by atoms with Gasteiger partial charge in [-0.25, -0.2) is 0 Å². The lowest BCUT2D eigenvalue weighted by atomic mass is 10.2. The third kappa shape index (κ3) is 6.68. The smallest absolute Gasteiger partial charge is 0.236 e. The maximum atomic E-state index is 12.0. The molecule has 1 N–H and O–H groups in total. The van der Waals surface area contributed by atoms with E-state index in [1.165, 1.54) is 6.42 Å². The van der Waals surface area contributed by atoms with Crippen molar-refractivity contribution < 1.29 is 4.79 Å². The molecule has 0 saturated carbocycles. The summed E-state index contributed by atoms with van der Waals surface area (Å²) in [5.74, 6) is 0.248. The molecular formula is C15H32N4O.